The van der Waals surface area contributed by atoms with Crippen LogP contribution in [-0.2, 0) is 0 Å². The lowest BCUT2D eigenvalue weighted by Gasteiger charge is -2.26. The second-order valence-electron chi connectivity index (χ2n) is 5.40. The van der Waals surface area contributed by atoms with E-state index in [-0.39, 0.29) is 5.91 Å². The minimum Gasteiger partial charge on any atom is -0.349 e. The van der Waals surface area contributed by atoms with Crippen LogP contribution in [0.2, 0.25) is 5.02 Å². The molecule has 1 N–H and O–H groups in total. The normalized spacial score (nSPS) is 16.2. The number of carbonyl (C=O) groups is 1. The molecule has 3 heterocycles. The van der Waals surface area contributed by atoms with Crippen LogP contribution in [0, 0.1) is 0 Å². The summed E-state index contributed by atoms with van der Waals surface area (Å²) in [5.74, 6) is -0.133. The van der Waals surface area contributed by atoms with E-state index in [1.165, 1.54) is 19.3 Å². The van der Waals surface area contributed by atoms with Crippen LogP contribution in [0.4, 0.5) is 0 Å². The maximum atomic E-state index is 12.1. The molecule has 3 rings (SSSR count). The van der Waals surface area contributed by atoms with Crippen LogP contribution in [0.25, 0.3) is 5.65 Å². The summed E-state index contributed by atoms with van der Waals surface area (Å²) in [5.41, 5.74) is 1.15. The van der Waals surface area contributed by atoms with Gasteiger partial charge in [0.15, 0.2) is 0 Å². The second-order valence-corrected chi connectivity index (χ2v) is 5.83. The van der Waals surface area contributed by atoms with Gasteiger partial charge in [0, 0.05) is 25.5 Å². The first-order chi connectivity index (χ1) is 10.2. The zero-order valence-corrected chi connectivity index (χ0v) is 12.6. The van der Waals surface area contributed by atoms with Gasteiger partial charge in [0.25, 0.3) is 5.91 Å². The zero-order valence-electron chi connectivity index (χ0n) is 11.9. The van der Waals surface area contributed by atoms with Crippen molar-refractivity contribution in [3.63, 3.8) is 0 Å². The van der Waals surface area contributed by atoms with Crippen LogP contribution in [0.15, 0.2) is 24.5 Å². The Morgan fingerprint density at radius 2 is 2.05 bits per heavy atom. The van der Waals surface area contributed by atoms with Crippen molar-refractivity contribution >= 4 is 23.2 Å². The van der Waals surface area contributed by atoms with Gasteiger partial charge in [-0.2, -0.15) is 0 Å². The Bertz CT molecular complexity index is 634. The number of halogens is 1. The summed E-state index contributed by atoms with van der Waals surface area (Å²) >= 11 is 5.92. The minimum atomic E-state index is -0.133. The number of pyridine rings is 1. The van der Waals surface area contributed by atoms with Gasteiger partial charge >= 0.3 is 0 Å². The summed E-state index contributed by atoms with van der Waals surface area (Å²) < 4.78 is 1.77. The average molecular weight is 307 g/mol. The smallest absolute Gasteiger partial charge is 0.271 e. The Morgan fingerprint density at radius 3 is 2.86 bits per heavy atom. The SMILES string of the molecule is O=C(NCCN1CCCCC1)c1cn2cc(Cl)ccc2n1. The molecule has 0 aliphatic carbocycles. The molecule has 5 nitrogen and oxygen atoms in total. The highest BCUT2D eigenvalue weighted by Crippen LogP contribution is 2.12. The quantitative estimate of drug-likeness (QED) is 0.942. The van der Waals surface area contributed by atoms with E-state index in [2.05, 4.69) is 15.2 Å². The standard InChI is InChI=1S/C15H19ClN4O/c16-12-4-5-14-18-13(11-20(14)10-12)15(21)17-6-9-19-7-2-1-3-8-19/h4-5,10-11H,1-3,6-9H2,(H,17,21). The van der Waals surface area contributed by atoms with Gasteiger partial charge in [-0.15, -0.1) is 0 Å². The van der Waals surface area contributed by atoms with Gasteiger partial charge in [-0.1, -0.05) is 18.0 Å². The molecule has 0 radical (unpaired) electrons. The third kappa shape index (κ3) is 3.54. The maximum Gasteiger partial charge on any atom is 0.271 e. The van der Waals surface area contributed by atoms with E-state index in [1.54, 1.807) is 28.9 Å². The van der Waals surface area contributed by atoms with Crippen molar-refractivity contribution < 1.29 is 4.79 Å². The van der Waals surface area contributed by atoms with Gasteiger partial charge in [-0.3, -0.25) is 4.79 Å². The van der Waals surface area contributed by atoms with Crippen molar-refractivity contribution in [2.24, 2.45) is 0 Å². The number of likely N-dealkylation sites (tertiary alicyclic amines) is 1. The van der Waals surface area contributed by atoms with Crippen molar-refractivity contribution in [3.05, 3.63) is 35.2 Å². The Hall–Kier alpha value is -1.59. The van der Waals surface area contributed by atoms with Crippen LogP contribution < -0.4 is 5.32 Å². The molecule has 0 aromatic carbocycles. The number of rotatable bonds is 4. The van der Waals surface area contributed by atoms with Crippen LogP contribution in [0.5, 0.6) is 0 Å². The summed E-state index contributed by atoms with van der Waals surface area (Å²) in [7, 11) is 0. The molecule has 0 saturated carbocycles. The number of hydrogen-bond acceptors (Lipinski definition) is 3. The third-order valence-electron chi connectivity index (χ3n) is 3.81. The van der Waals surface area contributed by atoms with Crippen molar-refractivity contribution in [3.8, 4) is 0 Å². The molecule has 1 amide bonds. The Morgan fingerprint density at radius 1 is 1.24 bits per heavy atom. The van der Waals surface area contributed by atoms with Gasteiger partial charge < -0.3 is 14.6 Å². The summed E-state index contributed by atoms with van der Waals surface area (Å²) in [5, 5.41) is 3.55. The van der Waals surface area contributed by atoms with E-state index < -0.39 is 0 Å². The molecule has 1 aliphatic heterocycles. The highest BCUT2D eigenvalue weighted by molar-refractivity contribution is 6.30. The third-order valence-corrected chi connectivity index (χ3v) is 4.03. The molecule has 112 valence electrons. The van der Waals surface area contributed by atoms with E-state index in [0.717, 1.165) is 25.3 Å². The number of nitrogens with one attached hydrogen (secondary N) is 1. The highest BCUT2D eigenvalue weighted by Gasteiger charge is 2.12. The Balaban J connectivity index is 1.56. The molecule has 1 fully saturated rings. The summed E-state index contributed by atoms with van der Waals surface area (Å²) in [4.78, 5) is 18.8. The molecular weight excluding hydrogens is 288 g/mol. The molecule has 2 aromatic rings. The lowest BCUT2D eigenvalue weighted by molar-refractivity contribution is 0.0942. The Kier molecular flexibility index (Phi) is 4.41. The van der Waals surface area contributed by atoms with Crippen LogP contribution in [0.3, 0.4) is 0 Å². The monoisotopic (exact) mass is 306 g/mol. The molecule has 0 spiro atoms. The predicted octanol–water partition coefficient (Wildman–Crippen LogP) is 2.20. The molecule has 1 saturated heterocycles. The number of hydrogen-bond donors (Lipinski definition) is 1. The number of carbonyl (C=O) groups excluding carboxylic acids is 1. The van der Waals surface area contributed by atoms with E-state index in [1.807, 2.05) is 0 Å². The van der Waals surface area contributed by atoms with Gasteiger partial charge in [-0.25, -0.2) is 4.98 Å². The van der Waals surface area contributed by atoms with Crippen LogP contribution in [0.1, 0.15) is 29.8 Å². The summed E-state index contributed by atoms with van der Waals surface area (Å²) in [6.45, 7) is 3.85. The van der Waals surface area contributed by atoms with E-state index in [4.69, 9.17) is 11.6 Å². The number of fused-ring (bicyclic) bond motifs is 1. The van der Waals surface area contributed by atoms with Crippen molar-refractivity contribution in [1.82, 2.24) is 19.6 Å². The number of nitrogens with zero attached hydrogens (tertiary/aromatic N) is 3. The molecule has 0 unspecified atom stereocenters. The summed E-state index contributed by atoms with van der Waals surface area (Å²) in [6, 6.07) is 3.56. The van der Waals surface area contributed by atoms with E-state index in [0.29, 0.717) is 17.3 Å². The second kappa shape index (κ2) is 6.45. The zero-order chi connectivity index (χ0) is 14.7. The average Bonchev–Trinajstić information content (AvgIpc) is 2.91. The fourth-order valence-corrected chi connectivity index (χ4v) is 2.84. The van der Waals surface area contributed by atoms with E-state index in [9.17, 15) is 4.79 Å². The topological polar surface area (TPSA) is 49.6 Å². The molecule has 2 aromatic heterocycles. The molecule has 6 heteroatoms. The molecule has 0 atom stereocenters. The van der Waals surface area contributed by atoms with Crippen molar-refractivity contribution in [1.29, 1.82) is 0 Å². The van der Waals surface area contributed by atoms with Crippen LogP contribution in [-0.4, -0.2) is 46.4 Å². The first-order valence-corrected chi connectivity index (χ1v) is 7.75. The van der Waals surface area contributed by atoms with Gasteiger partial charge in [0.05, 0.1) is 5.02 Å². The largest absolute Gasteiger partial charge is 0.349 e. The first-order valence-electron chi connectivity index (χ1n) is 7.37. The molecular formula is C15H19ClN4O. The number of piperidine rings is 1. The van der Waals surface area contributed by atoms with Gasteiger partial charge in [-0.05, 0) is 38.1 Å². The minimum absolute atomic E-state index is 0.133. The van der Waals surface area contributed by atoms with Gasteiger partial charge in [0.1, 0.15) is 11.3 Å². The highest BCUT2D eigenvalue weighted by atomic mass is 35.5. The molecule has 0 bridgehead atoms. The predicted molar refractivity (Wildman–Crippen MR) is 82.8 cm³/mol. The molecule has 21 heavy (non-hydrogen) atoms. The fourth-order valence-electron chi connectivity index (χ4n) is 2.68. The number of aromatic nitrogens is 2. The number of amides is 1. The first kappa shape index (κ1) is 14.4. The van der Waals surface area contributed by atoms with Crippen LogP contribution >= 0.6 is 11.6 Å². The molecule has 1 aliphatic rings. The van der Waals surface area contributed by atoms with Crippen molar-refractivity contribution in [2.75, 3.05) is 26.2 Å². The summed E-state index contributed by atoms with van der Waals surface area (Å²) in [6.07, 6.45) is 7.31. The number of imidazole rings is 1. The van der Waals surface area contributed by atoms with Gasteiger partial charge in [0.2, 0.25) is 0 Å². The lowest BCUT2D eigenvalue weighted by Crippen LogP contribution is -2.37. The van der Waals surface area contributed by atoms with Crippen molar-refractivity contribution in [2.45, 2.75) is 19.3 Å². The fraction of sp³-hybridized carbons (Fsp3) is 0.467. The Labute approximate surface area is 128 Å². The van der Waals surface area contributed by atoms with E-state index >= 15 is 0 Å². The maximum absolute atomic E-state index is 12.1. The lowest BCUT2D eigenvalue weighted by atomic mass is 10.1.